The molecule has 0 saturated carbocycles. The van der Waals surface area contributed by atoms with Crippen LogP contribution in [0.2, 0.25) is 5.15 Å². The Kier molecular flexibility index (Phi) is 3.59. The molecule has 3 rings (SSSR count). The minimum atomic E-state index is -0.857. The molecule has 0 spiro atoms. The number of rotatable bonds is 3. The summed E-state index contributed by atoms with van der Waals surface area (Å²) in [6, 6.07) is 7.52. The van der Waals surface area contributed by atoms with E-state index in [-0.39, 0.29) is 5.15 Å². The number of hydrogen-bond donors (Lipinski definition) is 1. The van der Waals surface area contributed by atoms with E-state index in [9.17, 15) is 9.90 Å². The second-order valence-corrected chi connectivity index (χ2v) is 5.35. The van der Waals surface area contributed by atoms with Crippen LogP contribution < -0.4 is 4.74 Å². The molecule has 0 fully saturated rings. The fourth-order valence-electron chi connectivity index (χ4n) is 2.86. The molecule has 0 aliphatic carbocycles. The Labute approximate surface area is 127 Å². The Hall–Kier alpha value is -2.01. The highest BCUT2D eigenvalue weighted by Gasteiger charge is 2.32. The summed E-state index contributed by atoms with van der Waals surface area (Å²) in [6.07, 6.45) is 1.38. The van der Waals surface area contributed by atoms with E-state index in [4.69, 9.17) is 16.3 Å². The Morgan fingerprint density at radius 2 is 2.24 bits per heavy atom. The van der Waals surface area contributed by atoms with Crippen LogP contribution in [0.5, 0.6) is 5.75 Å². The van der Waals surface area contributed by atoms with Crippen molar-refractivity contribution in [3.8, 4) is 17.1 Å². The van der Waals surface area contributed by atoms with Crippen LogP contribution in [-0.2, 0) is 11.3 Å². The van der Waals surface area contributed by atoms with Crippen LogP contribution in [0.15, 0.2) is 24.3 Å². The summed E-state index contributed by atoms with van der Waals surface area (Å²) in [5, 5.41) is 9.63. The molecule has 0 radical (unpaired) electrons. The lowest BCUT2D eigenvalue weighted by atomic mass is 9.96. The molecule has 6 heteroatoms. The zero-order chi connectivity index (χ0) is 15.0. The lowest BCUT2D eigenvalue weighted by Crippen LogP contribution is -2.22. The van der Waals surface area contributed by atoms with Crippen LogP contribution in [0.25, 0.3) is 11.4 Å². The molecule has 110 valence electrons. The van der Waals surface area contributed by atoms with Gasteiger partial charge in [0.15, 0.2) is 5.15 Å². The highest BCUT2D eigenvalue weighted by Crippen LogP contribution is 2.39. The summed E-state index contributed by atoms with van der Waals surface area (Å²) in [5.74, 6) is -0.0932. The maximum absolute atomic E-state index is 11.4. The molecule has 1 aliphatic rings. The normalized spacial score (nSPS) is 17.3. The van der Waals surface area contributed by atoms with Crippen molar-refractivity contribution in [2.45, 2.75) is 25.3 Å². The molecule has 2 heterocycles. The summed E-state index contributed by atoms with van der Waals surface area (Å²) in [6.45, 7) is 0.714. The SMILES string of the molecule is COc1ccccc1-c1nc(Cl)c2n1CCCC2C(=O)O. The van der Waals surface area contributed by atoms with E-state index >= 15 is 0 Å². The summed E-state index contributed by atoms with van der Waals surface area (Å²) < 4.78 is 7.27. The van der Waals surface area contributed by atoms with E-state index in [1.54, 1.807) is 7.11 Å². The minimum Gasteiger partial charge on any atom is -0.496 e. The molecular formula is C15H15ClN2O3. The van der Waals surface area contributed by atoms with Gasteiger partial charge in [-0.15, -0.1) is 0 Å². The standard InChI is InChI=1S/C15H15ClN2O3/c1-21-11-7-3-2-5-9(11)14-17-13(16)12-10(15(19)20)6-4-8-18(12)14/h2-3,5,7,10H,4,6,8H2,1H3,(H,19,20). The summed E-state index contributed by atoms with van der Waals surface area (Å²) in [4.78, 5) is 15.8. The average molecular weight is 307 g/mol. The van der Waals surface area contributed by atoms with Gasteiger partial charge in [0.05, 0.1) is 18.4 Å². The Morgan fingerprint density at radius 1 is 1.48 bits per heavy atom. The number of fused-ring (bicyclic) bond motifs is 1. The molecule has 0 saturated heterocycles. The molecular weight excluding hydrogens is 292 g/mol. The minimum absolute atomic E-state index is 0.267. The lowest BCUT2D eigenvalue weighted by Gasteiger charge is -2.22. The van der Waals surface area contributed by atoms with Crippen molar-refractivity contribution < 1.29 is 14.6 Å². The van der Waals surface area contributed by atoms with Gasteiger partial charge in [0.2, 0.25) is 0 Å². The highest BCUT2D eigenvalue weighted by molar-refractivity contribution is 6.30. The van der Waals surface area contributed by atoms with Gasteiger partial charge in [-0.05, 0) is 25.0 Å². The van der Waals surface area contributed by atoms with Crippen molar-refractivity contribution in [2.24, 2.45) is 0 Å². The van der Waals surface area contributed by atoms with Crippen molar-refractivity contribution in [2.75, 3.05) is 7.11 Å². The van der Waals surface area contributed by atoms with Crippen molar-refractivity contribution >= 4 is 17.6 Å². The van der Waals surface area contributed by atoms with Gasteiger partial charge in [-0.2, -0.15) is 0 Å². The van der Waals surface area contributed by atoms with E-state index in [0.717, 1.165) is 12.0 Å². The molecule has 0 amide bonds. The third-order valence-electron chi connectivity index (χ3n) is 3.81. The van der Waals surface area contributed by atoms with Gasteiger partial charge in [0, 0.05) is 6.54 Å². The zero-order valence-electron chi connectivity index (χ0n) is 11.5. The number of aliphatic carboxylic acids is 1. The van der Waals surface area contributed by atoms with Crippen molar-refractivity contribution in [1.29, 1.82) is 0 Å². The number of ether oxygens (including phenoxy) is 1. The van der Waals surface area contributed by atoms with Gasteiger partial charge in [0.25, 0.3) is 0 Å². The predicted molar refractivity (Wildman–Crippen MR) is 78.8 cm³/mol. The fourth-order valence-corrected chi connectivity index (χ4v) is 3.17. The van der Waals surface area contributed by atoms with Crippen LogP contribution in [0.4, 0.5) is 0 Å². The number of methoxy groups -OCH3 is 1. The van der Waals surface area contributed by atoms with E-state index in [2.05, 4.69) is 4.98 Å². The quantitative estimate of drug-likeness (QED) is 0.946. The molecule has 1 aliphatic heterocycles. The second kappa shape index (κ2) is 5.41. The number of hydrogen-bond acceptors (Lipinski definition) is 3. The Balaban J connectivity index is 2.18. The Bertz CT molecular complexity index is 696. The second-order valence-electron chi connectivity index (χ2n) is 5.00. The third-order valence-corrected chi connectivity index (χ3v) is 4.09. The van der Waals surface area contributed by atoms with Crippen molar-refractivity contribution in [3.63, 3.8) is 0 Å². The molecule has 5 nitrogen and oxygen atoms in total. The molecule has 0 bridgehead atoms. The number of aromatic nitrogens is 2. The number of carboxylic acids is 1. The molecule has 1 aromatic carbocycles. The fraction of sp³-hybridized carbons (Fsp3) is 0.333. The van der Waals surface area contributed by atoms with E-state index < -0.39 is 11.9 Å². The monoisotopic (exact) mass is 306 g/mol. The van der Waals surface area contributed by atoms with Gasteiger partial charge in [0.1, 0.15) is 17.5 Å². The zero-order valence-corrected chi connectivity index (χ0v) is 12.3. The average Bonchev–Trinajstić information content (AvgIpc) is 2.84. The number of carboxylic acid groups (broad SMARTS) is 1. The molecule has 1 unspecified atom stereocenters. The van der Waals surface area contributed by atoms with Crippen LogP contribution >= 0.6 is 11.6 Å². The summed E-state index contributed by atoms with van der Waals surface area (Å²) in [5.41, 5.74) is 1.41. The van der Waals surface area contributed by atoms with Gasteiger partial charge in [-0.1, -0.05) is 23.7 Å². The number of nitrogens with zero attached hydrogens (tertiary/aromatic N) is 2. The van der Waals surface area contributed by atoms with E-state index in [1.165, 1.54) is 0 Å². The van der Waals surface area contributed by atoms with Crippen molar-refractivity contribution in [3.05, 3.63) is 35.1 Å². The van der Waals surface area contributed by atoms with Crippen LogP contribution in [0.3, 0.4) is 0 Å². The van der Waals surface area contributed by atoms with Gasteiger partial charge >= 0.3 is 5.97 Å². The first-order valence-electron chi connectivity index (χ1n) is 6.75. The maximum Gasteiger partial charge on any atom is 0.312 e. The third kappa shape index (κ3) is 2.27. The van der Waals surface area contributed by atoms with Gasteiger partial charge < -0.3 is 14.4 Å². The Morgan fingerprint density at radius 3 is 2.95 bits per heavy atom. The van der Waals surface area contributed by atoms with Crippen molar-refractivity contribution in [1.82, 2.24) is 9.55 Å². The largest absolute Gasteiger partial charge is 0.496 e. The first-order chi connectivity index (χ1) is 10.1. The van der Waals surface area contributed by atoms with Crippen LogP contribution in [0.1, 0.15) is 24.5 Å². The molecule has 2 aromatic rings. The van der Waals surface area contributed by atoms with Crippen LogP contribution in [0, 0.1) is 0 Å². The van der Waals surface area contributed by atoms with E-state index in [1.807, 2.05) is 28.8 Å². The first-order valence-corrected chi connectivity index (χ1v) is 7.13. The number of carbonyl (C=O) groups is 1. The molecule has 1 atom stereocenters. The molecule has 21 heavy (non-hydrogen) atoms. The number of benzene rings is 1. The lowest BCUT2D eigenvalue weighted by molar-refractivity contribution is -0.139. The van der Waals surface area contributed by atoms with Crippen LogP contribution in [-0.4, -0.2) is 27.7 Å². The number of halogens is 1. The number of imidazole rings is 1. The van der Waals surface area contributed by atoms with E-state index in [0.29, 0.717) is 30.2 Å². The topological polar surface area (TPSA) is 64.4 Å². The first kappa shape index (κ1) is 13.9. The smallest absolute Gasteiger partial charge is 0.312 e. The van der Waals surface area contributed by atoms with Gasteiger partial charge in [-0.3, -0.25) is 4.79 Å². The molecule has 1 N–H and O–H groups in total. The maximum atomic E-state index is 11.4. The summed E-state index contributed by atoms with van der Waals surface area (Å²) in [7, 11) is 1.60. The predicted octanol–water partition coefficient (Wildman–Crippen LogP) is 3.17. The van der Waals surface area contributed by atoms with Gasteiger partial charge in [-0.25, -0.2) is 4.98 Å². The summed E-state index contributed by atoms with van der Waals surface area (Å²) >= 11 is 6.21. The highest BCUT2D eigenvalue weighted by atomic mass is 35.5. The number of para-hydroxylation sites is 1. The molecule has 1 aromatic heterocycles.